The van der Waals surface area contributed by atoms with Crippen molar-refractivity contribution in [3.63, 3.8) is 0 Å². The molecule has 1 aromatic carbocycles. The lowest BCUT2D eigenvalue weighted by Crippen LogP contribution is -2.19. The first-order valence-corrected chi connectivity index (χ1v) is 7.10. The summed E-state index contributed by atoms with van der Waals surface area (Å²) >= 11 is 3.34. The first kappa shape index (κ1) is 12.7. The van der Waals surface area contributed by atoms with E-state index in [1.165, 1.54) is 0 Å². The van der Waals surface area contributed by atoms with Gasteiger partial charge in [-0.2, -0.15) is 0 Å². The highest BCUT2D eigenvalue weighted by Crippen LogP contribution is 2.21. The van der Waals surface area contributed by atoms with Crippen LogP contribution >= 0.6 is 15.9 Å². The van der Waals surface area contributed by atoms with Crippen molar-refractivity contribution in [3.05, 3.63) is 28.2 Å². The predicted octanol–water partition coefficient (Wildman–Crippen LogP) is 1.62. The topological polar surface area (TPSA) is 49.3 Å². The van der Waals surface area contributed by atoms with Crippen LogP contribution in [0.5, 0.6) is 5.75 Å². The fraction of sp³-hybridized carbons (Fsp3) is 0.400. The maximum Gasteiger partial charge on any atom is 0.120 e. The molecular formula is C10H14BrNO2S. The van der Waals surface area contributed by atoms with Gasteiger partial charge in [0, 0.05) is 45.9 Å². The number of phenolic OH excluding ortho intramolecular Hbond substituents is 1. The molecule has 3 nitrogen and oxygen atoms in total. The largest absolute Gasteiger partial charge is 0.508 e. The van der Waals surface area contributed by atoms with Crippen molar-refractivity contribution in [2.75, 3.05) is 18.6 Å². The first-order valence-electron chi connectivity index (χ1n) is 4.57. The van der Waals surface area contributed by atoms with Crippen LogP contribution in [0.1, 0.15) is 5.56 Å². The molecule has 0 saturated carbocycles. The van der Waals surface area contributed by atoms with Gasteiger partial charge in [-0.3, -0.25) is 4.21 Å². The lowest BCUT2D eigenvalue weighted by Gasteiger charge is -2.06. The fourth-order valence-electron chi connectivity index (χ4n) is 1.13. The Morgan fingerprint density at radius 2 is 2.27 bits per heavy atom. The fourth-order valence-corrected chi connectivity index (χ4v) is 1.97. The van der Waals surface area contributed by atoms with Gasteiger partial charge >= 0.3 is 0 Å². The maximum absolute atomic E-state index is 10.8. The Labute approximate surface area is 100 Å². The van der Waals surface area contributed by atoms with Crippen LogP contribution < -0.4 is 5.32 Å². The molecule has 1 aromatic rings. The molecule has 0 saturated heterocycles. The van der Waals surface area contributed by atoms with Crippen LogP contribution in [0.15, 0.2) is 22.7 Å². The van der Waals surface area contributed by atoms with Crippen LogP contribution in [0, 0.1) is 0 Å². The van der Waals surface area contributed by atoms with Gasteiger partial charge in [0.15, 0.2) is 0 Å². The van der Waals surface area contributed by atoms with Crippen molar-refractivity contribution in [2.45, 2.75) is 6.54 Å². The van der Waals surface area contributed by atoms with E-state index in [1.807, 2.05) is 6.07 Å². The zero-order valence-corrected chi connectivity index (χ0v) is 10.9. The van der Waals surface area contributed by atoms with Crippen molar-refractivity contribution in [1.29, 1.82) is 0 Å². The van der Waals surface area contributed by atoms with Gasteiger partial charge in [-0.1, -0.05) is 15.9 Å². The van der Waals surface area contributed by atoms with Crippen molar-refractivity contribution in [2.24, 2.45) is 0 Å². The summed E-state index contributed by atoms with van der Waals surface area (Å²) < 4.78 is 11.7. The van der Waals surface area contributed by atoms with Crippen molar-refractivity contribution in [3.8, 4) is 5.75 Å². The molecule has 0 aliphatic carbocycles. The number of hydrogen-bond donors (Lipinski definition) is 2. The van der Waals surface area contributed by atoms with Gasteiger partial charge in [-0.15, -0.1) is 0 Å². The standard InChI is InChI=1S/C10H14BrNO2S/c1-15(14)5-4-12-7-8-6-9(11)2-3-10(8)13/h2-3,6,12-13H,4-5,7H2,1H3. The molecule has 0 aliphatic rings. The summed E-state index contributed by atoms with van der Waals surface area (Å²) in [4.78, 5) is 0. The molecule has 1 atom stereocenters. The Bertz CT molecular complexity index is 357. The molecule has 0 radical (unpaired) electrons. The number of rotatable bonds is 5. The SMILES string of the molecule is CS(=O)CCNCc1cc(Br)ccc1O. The average Bonchev–Trinajstić information content (AvgIpc) is 2.17. The highest BCUT2D eigenvalue weighted by atomic mass is 79.9. The highest BCUT2D eigenvalue weighted by molar-refractivity contribution is 9.10. The number of hydrogen-bond acceptors (Lipinski definition) is 3. The Hall–Kier alpha value is -0.390. The number of halogens is 1. The second-order valence-electron chi connectivity index (χ2n) is 3.23. The molecule has 1 rings (SSSR count). The zero-order chi connectivity index (χ0) is 11.3. The van der Waals surface area contributed by atoms with Gasteiger partial charge < -0.3 is 10.4 Å². The third-order valence-corrected chi connectivity index (χ3v) is 3.20. The number of nitrogens with one attached hydrogen (secondary N) is 1. The average molecular weight is 292 g/mol. The molecule has 0 aliphatic heterocycles. The van der Waals surface area contributed by atoms with Gasteiger partial charge in [-0.05, 0) is 18.2 Å². The Kier molecular flexibility index (Phi) is 5.28. The van der Waals surface area contributed by atoms with E-state index in [9.17, 15) is 9.32 Å². The minimum Gasteiger partial charge on any atom is -0.508 e. The summed E-state index contributed by atoms with van der Waals surface area (Å²) in [5, 5.41) is 12.6. The van der Waals surface area contributed by atoms with E-state index in [0.29, 0.717) is 18.8 Å². The Balaban J connectivity index is 2.43. The lowest BCUT2D eigenvalue weighted by atomic mass is 10.2. The van der Waals surface area contributed by atoms with Crippen LogP contribution in [-0.4, -0.2) is 27.9 Å². The second-order valence-corrected chi connectivity index (χ2v) is 5.70. The molecule has 1 unspecified atom stereocenters. The summed E-state index contributed by atoms with van der Waals surface area (Å²) in [6.45, 7) is 1.28. The van der Waals surface area contributed by atoms with Gasteiger partial charge in [0.25, 0.3) is 0 Å². The van der Waals surface area contributed by atoms with E-state index >= 15 is 0 Å². The summed E-state index contributed by atoms with van der Waals surface area (Å²) in [6, 6.07) is 5.31. The first-order chi connectivity index (χ1) is 7.09. The van der Waals surface area contributed by atoms with Crippen LogP contribution in [0.25, 0.3) is 0 Å². The zero-order valence-electron chi connectivity index (χ0n) is 8.50. The molecule has 84 valence electrons. The van der Waals surface area contributed by atoms with Gasteiger partial charge in [-0.25, -0.2) is 0 Å². The van der Waals surface area contributed by atoms with Crippen molar-refractivity contribution in [1.82, 2.24) is 5.32 Å². The highest BCUT2D eigenvalue weighted by Gasteiger charge is 2.01. The van der Waals surface area contributed by atoms with Crippen LogP contribution in [0.2, 0.25) is 0 Å². The normalized spacial score (nSPS) is 12.7. The van der Waals surface area contributed by atoms with Crippen LogP contribution in [-0.2, 0) is 17.3 Å². The molecule has 2 N–H and O–H groups in total. The maximum atomic E-state index is 10.8. The van der Waals surface area contributed by atoms with Crippen molar-refractivity contribution < 1.29 is 9.32 Å². The van der Waals surface area contributed by atoms with Gasteiger partial charge in [0.05, 0.1) is 0 Å². The van der Waals surface area contributed by atoms with Gasteiger partial charge in [0.1, 0.15) is 5.75 Å². The third-order valence-electron chi connectivity index (χ3n) is 1.92. The molecule has 0 amide bonds. The van der Waals surface area contributed by atoms with Crippen LogP contribution in [0.4, 0.5) is 0 Å². The molecule has 15 heavy (non-hydrogen) atoms. The Morgan fingerprint density at radius 1 is 1.53 bits per heavy atom. The quantitative estimate of drug-likeness (QED) is 0.811. The summed E-state index contributed by atoms with van der Waals surface area (Å²) in [5.74, 6) is 0.915. The molecule has 0 heterocycles. The predicted molar refractivity (Wildman–Crippen MR) is 66.4 cm³/mol. The molecule has 0 spiro atoms. The molecular weight excluding hydrogens is 278 g/mol. The van der Waals surface area contributed by atoms with E-state index in [0.717, 1.165) is 10.0 Å². The minimum absolute atomic E-state index is 0.281. The minimum atomic E-state index is -0.767. The van der Waals surface area contributed by atoms with E-state index in [-0.39, 0.29) is 5.75 Å². The smallest absolute Gasteiger partial charge is 0.120 e. The monoisotopic (exact) mass is 291 g/mol. The van der Waals surface area contributed by atoms with Crippen LogP contribution in [0.3, 0.4) is 0 Å². The number of aromatic hydroxyl groups is 1. The van der Waals surface area contributed by atoms with E-state index < -0.39 is 10.8 Å². The third kappa shape index (κ3) is 4.77. The number of phenols is 1. The summed E-state index contributed by atoms with van der Waals surface area (Å²) in [6.07, 6.45) is 1.68. The number of benzene rings is 1. The van der Waals surface area contributed by atoms with E-state index in [1.54, 1.807) is 18.4 Å². The van der Waals surface area contributed by atoms with Gasteiger partial charge in [0.2, 0.25) is 0 Å². The molecule has 0 aromatic heterocycles. The van der Waals surface area contributed by atoms with Crippen molar-refractivity contribution >= 4 is 26.7 Å². The van der Waals surface area contributed by atoms with E-state index in [2.05, 4.69) is 21.2 Å². The molecule has 0 fully saturated rings. The van der Waals surface area contributed by atoms with E-state index in [4.69, 9.17) is 0 Å². The lowest BCUT2D eigenvalue weighted by molar-refractivity contribution is 0.465. The molecule has 0 bridgehead atoms. The summed E-state index contributed by atoms with van der Waals surface area (Å²) in [7, 11) is -0.767. The molecule has 5 heteroatoms. The Morgan fingerprint density at radius 3 is 2.93 bits per heavy atom. The second kappa shape index (κ2) is 6.25. The summed E-state index contributed by atoms with van der Waals surface area (Å²) in [5.41, 5.74) is 0.839.